The Kier molecular flexibility index (Phi) is 6.23. The summed E-state index contributed by atoms with van der Waals surface area (Å²) in [6.07, 6.45) is 1.29. The standard InChI is InChI=1S/C19H28N2O3/c1-13-9-14(2)11-16(10-13)24-8-7-21(4)18(22)5-6-20-19(23)17-12-15(17)3/h9-11,15,17H,5-8,12H2,1-4H3,(H,20,23). The van der Waals surface area contributed by atoms with E-state index < -0.39 is 0 Å². The SMILES string of the molecule is Cc1cc(C)cc(OCCN(C)C(=O)CCNC(=O)C2CC2C)c1. The maximum absolute atomic E-state index is 12.0. The van der Waals surface area contributed by atoms with Gasteiger partial charge in [-0.05, 0) is 49.4 Å². The van der Waals surface area contributed by atoms with Gasteiger partial charge in [-0.2, -0.15) is 0 Å². The third kappa shape index (κ3) is 5.55. The van der Waals surface area contributed by atoms with E-state index in [1.54, 1.807) is 11.9 Å². The van der Waals surface area contributed by atoms with Crippen LogP contribution >= 0.6 is 0 Å². The first-order valence-corrected chi connectivity index (χ1v) is 8.59. The van der Waals surface area contributed by atoms with Crippen LogP contribution in [0.5, 0.6) is 5.75 Å². The van der Waals surface area contributed by atoms with Crippen molar-refractivity contribution in [3.63, 3.8) is 0 Å². The predicted octanol–water partition coefficient (Wildman–Crippen LogP) is 2.30. The Hall–Kier alpha value is -2.04. The Morgan fingerprint density at radius 1 is 1.25 bits per heavy atom. The number of hydrogen-bond donors (Lipinski definition) is 1. The second kappa shape index (κ2) is 8.18. The monoisotopic (exact) mass is 332 g/mol. The molecular formula is C19H28N2O3. The van der Waals surface area contributed by atoms with Crippen molar-refractivity contribution in [2.75, 3.05) is 26.7 Å². The fraction of sp³-hybridized carbons (Fsp3) is 0.579. The van der Waals surface area contributed by atoms with E-state index in [1.165, 1.54) is 0 Å². The van der Waals surface area contributed by atoms with Crippen molar-refractivity contribution >= 4 is 11.8 Å². The fourth-order valence-corrected chi connectivity index (χ4v) is 2.74. The third-order valence-corrected chi connectivity index (χ3v) is 4.40. The minimum absolute atomic E-state index is 0.0168. The topological polar surface area (TPSA) is 58.6 Å². The van der Waals surface area contributed by atoms with Gasteiger partial charge < -0.3 is 15.0 Å². The van der Waals surface area contributed by atoms with E-state index in [1.807, 2.05) is 26.0 Å². The summed E-state index contributed by atoms with van der Waals surface area (Å²) in [6.45, 7) is 7.52. The number of likely N-dealkylation sites (N-methyl/N-ethyl adjacent to an activating group) is 1. The summed E-state index contributed by atoms with van der Waals surface area (Å²) in [5.74, 6) is 1.58. The highest BCUT2D eigenvalue weighted by molar-refractivity contribution is 5.82. The molecule has 2 atom stereocenters. The number of carbonyl (C=O) groups is 2. The molecule has 132 valence electrons. The summed E-state index contributed by atoms with van der Waals surface area (Å²) in [6, 6.07) is 6.08. The van der Waals surface area contributed by atoms with Crippen molar-refractivity contribution in [1.29, 1.82) is 0 Å². The number of ether oxygens (including phenoxy) is 1. The van der Waals surface area contributed by atoms with Crippen molar-refractivity contribution < 1.29 is 14.3 Å². The molecule has 1 saturated carbocycles. The molecule has 24 heavy (non-hydrogen) atoms. The Bertz CT molecular complexity index is 580. The quantitative estimate of drug-likeness (QED) is 0.795. The average Bonchev–Trinajstić information content (AvgIpc) is 3.23. The Balaban J connectivity index is 1.63. The van der Waals surface area contributed by atoms with Crippen LogP contribution in [0.15, 0.2) is 18.2 Å². The molecule has 2 unspecified atom stereocenters. The normalized spacial score (nSPS) is 18.8. The van der Waals surface area contributed by atoms with Gasteiger partial charge in [-0.15, -0.1) is 0 Å². The Labute approximate surface area is 144 Å². The highest BCUT2D eigenvalue weighted by Crippen LogP contribution is 2.37. The van der Waals surface area contributed by atoms with Gasteiger partial charge in [0.15, 0.2) is 0 Å². The van der Waals surface area contributed by atoms with Crippen LogP contribution in [0.4, 0.5) is 0 Å². The molecule has 0 saturated heterocycles. The van der Waals surface area contributed by atoms with Crippen LogP contribution in [0.25, 0.3) is 0 Å². The molecule has 2 rings (SSSR count). The average molecular weight is 332 g/mol. The second-order valence-electron chi connectivity index (χ2n) is 6.85. The zero-order valence-corrected chi connectivity index (χ0v) is 15.1. The molecule has 0 aromatic heterocycles. The molecule has 1 aliphatic carbocycles. The molecule has 0 heterocycles. The lowest BCUT2D eigenvalue weighted by Gasteiger charge is -2.18. The van der Waals surface area contributed by atoms with Gasteiger partial charge in [0.1, 0.15) is 12.4 Å². The minimum Gasteiger partial charge on any atom is -0.492 e. The number of benzene rings is 1. The molecule has 5 heteroatoms. The van der Waals surface area contributed by atoms with Crippen LogP contribution in [-0.4, -0.2) is 43.5 Å². The van der Waals surface area contributed by atoms with E-state index in [0.29, 0.717) is 32.0 Å². The lowest BCUT2D eigenvalue weighted by atomic mass is 10.1. The highest BCUT2D eigenvalue weighted by Gasteiger charge is 2.38. The van der Waals surface area contributed by atoms with Crippen LogP contribution in [0.1, 0.15) is 30.9 Å². The van der Waals surface area contributed by atoms with Crippen LogP contribution < -0.4 is 10.1 Å². The van der Waals surface area contributed by atoms with Crippen LogP contribution in [0.3, 0.4) is 0 Å². The highest BCUT2D eigenvalue weighted by atomic mass is 16.5. The molecule has 5 nitrogen and oxygen atoms in total. The van der Waals surface area contributed by atoms with Crippen LogP contribution in [0.2, 0.25) is 0 Å². The number of amides is 2. The lowest BCUT2D eigenvalue weighted by molar-refractivity contribution is -0.130. The summed E-state index contributed by atoms with van der Waals surface area (Å²) in [7, 11) is 1.76. The zero-order chi connectivity index (χ0) is 17.7. The summed E-state index contributed by atoms with van der Waals surface area (Å²) in [5.41, 5.74) is 2.32. The predicted molar refractivity (Wildman–Crippen MR) is 93.9 cm³/mol. The molecule has 1 fully saturated rings. The van der Waals surface area contributed by atoms with Crippen molar-refractivity contribution in [2.24, 2.45) is 11.8 Å². The van der Waals surface area contributed by atoms with Gasteiger partial charge in [0.2, 0.25) is 11.8 Å². The largest absolute Gasteiger partial charge is 0.492 e. The van der Waals surface area contributed by atoms with Gasteiger partial charge >= 0.3 is 0 Å². The number of aryl methyl sites for hydroxylation is 2. The summed E-state index contributed by atoms with van der Waals surface area (Å²) < 4.78 is 5.72. The van der Waals surface area contributed by atoms with Crippen LogP contribution in [0, 0.1) is 25.7 Å². The van der Waals surface area contributed by atoms with E-state index in [0.717, 1.165) is 23.3 Å². The maximum Gasteiger partial charge on any atom is 0.224 e. The van der Waals surface area contributed by atoms with Gasteiger partial charge in [-0.25, -0.2) is 0 Å². The van der Waals surface area contributed by atoms with Gasteiger partial charge in [-0.3, -0.25) is 9.59 Å². The second-order valence-corrected chi connectivity index (χ2v) is 6.85. The molecule has 0 bridgehead atoms. The number of rotatable bonds is 8. The van der Waals surface area contributed by atoms with Crippen molar-refractivity contribution in [1.82, 2.24) is 10.2 Å². The molecule has 1 aromatic carbocycles. The number of carbonyl (C=O) groups excluding carboxylic acids is 2. The molecule has 1 aliphatic rings. The van der Waals surface area contributed by atoms with E-state index in [9.17, 15) is 9.59 Å². The van der Waals surface area contributed by atoms with E-state index >= 15 is 0 Å². The number of nitrogens with zero attached hydrogens (tertiary/aromatic N) is 1. The summed E-state index contributed by atoms with van der Waals surface area (Å²) in [5, 5.41) is 2.84. The number of hydrogen-bond acceptors (Lipinski definition) is 3. The van der Waals surface area contributed by atoms with Crippen molar-refractivity contribution in [3.8, 4) is 5.75 Å². The lowest BCUT2D eigenvalue weighted by Crippen LogP contribution is -2.34. The Morgan fingerprint density at radius 3 is 2.46 bits per heavy atom. The van der Waals surface area contributed by atoms with Crippen LogP contribution in [-0.2, 0) is 9.59 Å². The molecule has 2 amide bonds. The summed E-state index contributed by atoms with van der Waals surface area (Å²) >= 11 is 0. The zero-order valence-electron chi connectivity index (χ0n) is 15.1. The number of nitrogens with one attached hydrogen (secondary N) is 1. The molecule has 0 aliphatic heterocycles. The van der Waals surface area contributed by atoms with E-state index in [2.05, 4.69) is 18.3 Å². The van der Waals surface area contributed by atoms with E-state index in [4.69, 9.17) is 4.74 Å². The first-order chi connectivity index (χ1) is 11.4. The molecular weight excluding hydrogens is 304 g/mol. The third-order valence-electron chi connectivity index (χ3n) is 4.40. The van der Waals surface area contributed by atoms with Gasteiger partial charge in [0.05, 0.1) is 6.54 Å². The molecule has 1 N–H and O–H groups in total. The molecule has 0 radical (unpaired) electrons. The van der Waals surface area contributed by atoms with Gasteiger partial charge in [0, 0.05) is 25.9 Å². The smallest absolute Gasteiger partial charge is 0.224 e. The minimum atomic E-state index is 0.0168. The first kappa shape index (κ1) is 18.3. The van der Waals surface area contributed by atoms with E-state index in [-0.39, 0.29) is 17.7 Å². The van der Waals surface area contributed by atoms with Gasteiger partial charge in [0.25, 0.3) is 0 Å². The molecule has 1 aromatic rings. The van der Waals surface area contributed by atoms with Crippen molar-refractivity contribution in [3.05, 3.63) is 29.3 Å². The first-order valence-electron chi connectivity index (χ1n) is 8.59. The van der Waals surface area contributed by atoms with Crippen molar-refractivity contribution in [2.45, 2.75) is 33.6 Å². The Morgan fingerprint density at radius 2 is 1.88 bits per heavy atom. The molecule has 0 spiro atoms. The fourth-order valence-electron chi connectivity index (χ4n) is 2.74. The van der Waals surface area contributed by atoms with Gasteiger partial charge in [-0.1, -0.05) is 13.0 Å². The maximum atomic E-state index is 12.0. The summed E-state index contributed by atoms with van der Waals surface area (Å²) in [4.78, 5) is 25.4.